The number of carboxylic acid groups (broad SMARTS) is 1. The SMILES string of the molecule is CO[C@](F)(C(=O)Nc1ccc(C)c(Br)c1C(=O)[O-])C(F)(F)F. The smallest absolute Gasteiger partial charge is 0.458 e. The van der Waals surface area contributed by atoms with E-state index in [9.17, 15) is 32.3 Å². The molecule has 0 saturated carbocycles. The highest BCUT2D eigenvalue weighted by atomic mass is 79.9. The number of nitrogens with one attached hydrogen (secondary N) is 1. The zero-order valence-electron chi connectivity index (χ0n) is 11.2. The predicted molar refractivity (Wildman–Crippen MR) is 68.7 cm³/mol. The lowest BCUT2D eigenvalue weighted by Crippen LogP contribution is -2.52. The summed E-state index contributed by atoms with van der Waals surface area (Å²) in [6.45, 7) is 1.51. The Kier molecular flexibility index (Phi) is 5.18. The molecule has 0 aliphatic carbocycles. The molecule has 1 N–H and O–H groups in total. The number of alkyl halides is 4. The normalized spacial score (nSPS) is 14.3. The van der Waals surface area contributed by atoms with Gasteiger partial charge in [-0.1, -0.05) is 6.07 Å². The second kappa shape index (κ2) is 6.21. The van der Waals surface area contributed by atoms with Crippen molar-refractivity contribution in [2.45, 2.75) is 19.0 Å². The van der Waals surface area contributed by atoms with E-state index in [0.717, 1.165) is 6.07 Å². The van der Waals surface area contributed by atoms with Crippen LogP contribution >= 0.6 is 15.9 Å². The summed E-state index contributed by atoms with van der Waals surface area (Å²) in [6.07, 6.45) is -5.64. The van der Waals surface area contributed by atoms with E-state index in [1.165, 1.54) is 13.0 Å². The van der Waals surface area contributed by atoms with Crippen molar-refractivity contribution in [1.82, 2.24) is 0 Å². The van der Waals surface area contributed by atoms with Crippen LogP contribution in [-0.4, -0.2) is 31.0 Å². The number of amides is 1. The maximum absolute atomic E-state index is 13.7. The number of carboxylic acids is 1. The molecular weight excluding hydrogens is 378 g/mol. The molecule has 0 fully saturated rings. The lowest BCUT2D eigenvalue weighted by Gasteiger charge is -2.25. The average Bonchev–Trinajstić information content (AvgIpc) is 2.40. The molecule has 0 aliphatic heterocycles. The number of carbonyl (C=O) groups excluding carboxylic acids is 2. The fourth-order valence-electron chi connectivity index (χ4n) is 1.52. The Morgan fingerprint density at radius 3 is 2.23 bits per heavy atom. The Morgan fingerprint density at radius 1 is 1.27 bits per heavy atom. The van der Waals surface area contributed by atoms with E-state index in [-0.39, 0.29) is 4.47 Å². The van der Waals surface area contributed by atoms with Gasteiger partial charge in [0.1, 0.15) is 0 Å². The first-order chi connectivity index (χ1) is 9.95. The topological polar surface area (TPSA) is 78.5 Å². The number of aromatic carboxylic acids is 1. The Hall–Kier alpha value is -1.68. The Bertz CT molecular complexity index is 620. The maximum atomic E-state index is 13.7. The number of aryl methyl sites for hydroxylation is 1. The second-order valence-electron chi connectivity index (χ2n) is 4.16. The molecule has 0 spiro atoms. The molecule has 0 unspecified atom stereocenters. The molecule has 1 aromatic carbocycles. The van der Waals surface area contributed by atoms with Crippen LogP contribution < -0.4 is 10.4 Å². The van der Waals surface area contributed by atoms with E-state index in [1.807, 2.05) is 0 Å². The lowest BCUT2D eigenvalue weighted by molar-refractivity contribution is -0.305. The van der Waals surface area contributed by atoms with Crippen LogP contribution in [0, 0.1) is 6.92 Å². The van der Waals surface area contributed by atoms with E-state index in [4.69, 9.17) is 0 Å². The summed E-state index contributed by atoms with van der Waals surface area (Å²) in [4.78, 5) is 22.6. The molecule has 0 radical (unpaired) electrons. The summed E-state index contributed by atoms with van der Waals surface area (Å²) < 4.78 is 55.0. The first-order valence-electron chi connectivity index (χ1n) is 5.58. The lowest BCUT2D eigenvalue weighted by atomic mass is 10.1. The molecule has 5 nitrogen and oxygen atoms in total. The number of anilines is 1. The van der Waals surface area contributed by atoms with Gasteiger partial charge in [0.05, 0.1) is 11.7 Å². The largest absolute Gasteiger partial charge is 0.545 e. The quantitative estimate of drug-likeness (QED) is 0.802. The van der Waals surface area contributed by atoms with Crippen molar-refractivity contribution in [3.05, 3.63) is 27.7 Å². The Labute approximate surface area is 130 Å². The molecule has 0 bridgehead atoms. The number of methoxy groups -OCH3 is 1. The summed E-state index contributed by atoms with van der Waals surface area (Å²) in [5, 5.41) is 12.6. The third kappa shape index (κ3) is 3.22. The highest BCUT2D eigenvalue weighted by Gasteiger charge is 2.63. The van der Waals surface area contributed by atoms with Crippen molar-refractivity contribution in [2.24, 2.45) is 0 Å². The second-order valence-corrected chi connectivity index (χ2v) is 4.95. The summed E-state index contributed by atoms with van der Waals surface area (Å²) in [6, 6.07) is 2.32. The van der Waals surface area contributed by atoms with Crippen molar-refractivity contribution in [3.63, 3.8) is 0 Å². The minimum absolute atomic E-state index is 0.0146. The highest BCUT2D eigenvalue weighted by molar-refractivity contribution is 9.10. The number of rotatable bonds is 4. The van der Waals surface area contributed by atoms with Crippen LogP contribution in [0.25, 0.3) is 0 Å². The third-order valence-corrected chi connectivity index (χ3v) is 3.75. The zero-order chi connectivity index (χ0) is 17.3. The van der Waals surface area contributed by atoms with Crippen molar-refractivity contribution >= 4 is 33.5 Å². The first kappa shape index (κ1) is 18.4. The molecule has 1 aromatic rings. The number of hydrogen-bond acceptors (Lipinski definition) is 4. The number of carbonyl (C=O) groups is 2. The van der Waals surface area contributed by atoms with Gasteiger partial charge in [-0.05, 0) is 34.5 Å². The van der Waals surface area contributed by atoms with E-state index >= 15 is 0 Å². The fraction of sp³-hybridized carbons (Fsp3) is 0.333. The number of halogens is 5. The maximum Gasteiger partial charge on any atom is 0.458 e. The Morgan fingerprint density at radius 2 is 1.82 bits per heavy atom. The summed E-state index contributed by atoms with van der Waals surface area (Å²) in [7, 11) is 0.359. The molecule has 0 heterocycles. The van der Waals surface area contributed by atoms with Crippen molar-refractivity contribution in [2.75, 3.05) is 12.4 Å². The zero-order valence-corrected chi connectivity index (χ0v) is 12.8. The standard InChI is InChI=1S/C12H10BrF4NO4/c1-5-3-4-6(7(8(5)13)9(19)20)18-10(21)11(14,22-2)12(15,16)17/h3-4H,1-2H3,(H,18,21)(H,19,20)/p-1/t11-/m1/s1. The van der Waals surface area contributed by atoms with Crippen LogP contribution in [0.4, 0.5) is 23.2 Å². The molecule has 122 valence electrons. The first-order valence-corrected chi connectivity index (χ1v) is 6.37. The molecule has 1 rings (SSSR count). The van der Waals surface area contributed by atoms with Gasteiger partial charge in [0, 0.05) is 17.1 Å². The molecule has 1 amide bonds. The van der Waals surface area contributed by atoms with Gasteiger partial charge in [0.15, 0.2) is 0 Å². The minimum Gasteiger partial charge on any atom is -0.545 e. The molecule has 22 heavy (non-hydrogen) atoms. The van der Waals surface area contributed by atoms with E-state index in [1.54, 1.807) is 5.32 Å². The van der Waals surface area contributed by atoms with Crippen molar-refractivity contribution in [1.29, 1.82) is 0 Å². The van der Waals surface area contributed by atoms with Gasteiger partial charge in [-0.15, -0.1) is 0 Å². The summed E-state index contributed by atoms with van der Waals surface area (Å²) in [5.41, 5.74) is -0.758. The van der Waals surface area contributed by atoms with Gasteiger partial charge in [-0.2, -0.15) is 17.6 Å². The molecule has 0 saturated heterocycles. The minimum atomic E-state index is -5.64. The molecule has 10 heteroatoms. The Balaban J connectivity index is 3.29. The number of benzene rings is 1. The van der Waals surface area contributed by atoms with Crippen LogP contribution in [0.2, 0.25) is 0 Å². The molecular formula is C12H9BrF4NO4-. The summed E-state index contributed by atoms with van der Waals surface area (Å²) in [5.74, 6) is -8.59. The van der Waals surface area contributed by atoms with Gasteiger partial charge < -0.3 is 20.0 Å². The van der Waals surface area contributed by atoms with Gasteiger partial charge >= 0.3 is 12.0 Å². The van der Waals surface area contributed by atoms with Crippen molar-refractivity contribution < 1.29 is 37.0 Å². The van der Waals surface area contributed by atoms with Gasteiger partial charge in [0.25, 0.3) is 5.91 Å². The van der Waals surface area contributed by atoms with Gasteiger partial charge in [-0.3, -0.25) is 4.79 Å². The van der Waals surface area contributed by atoms with Gasteiger partial charge in [-0.25, -0.2) is 0 Å². The van der Waals surface area contributed by atoms with Crippen LogP contribution in [-0.2, 0) is 9.53 Å². The van der Waals surface area contributed by atoms with Crippen LogP contribution in [0.1, 0.15) is 15.9 Å². The van der Waals surface area contributed by atoms with Crippen LogP contribution in [0.3, 0.4) is 0 Å². The van der Waals surface area contributed by atoms with Crippen LogP contribution in [0.15, 0.2) is 16.6 Å². The van der Waals surface area contributed by atoms with E-state index < -0.39 is 35.2 Å². The predicted octanol–water partition coefficient (Wildman–Crippen LogP) is 1.93. The molecule has 0 aromatic heterocycles. The number of hydrogen-bond donors (Lipinski definition) is 1. The van der Waals surface area contributed by atoms with Crippen LogP contribution in [0.5, 0.6) is 0 Å². The average molecular weight is 387 g/mol. The fourth-order valence-corrected chi connectivity index (χ4v) is 2.03. The van der Waals surface area contributed by atoms with E-state index in [2.05, 4.69) is 20.7 Å². The summed E-state index contributed by atoms with van der Waals surface area (Å²) >= 11 is 2.91. The molecule has 0 aliphatic rings. The highest BCUT2D eigenvalue weighted by Crippen LogP contribution is 2.36. The van der Waals surface area contributed by atoms with Gasteiger partial charge in [0.2, 0.25) is 0 Å². The number of ether oxygens (including phenoxy) is 1. The molecule has 1 atom stereocenters. The third-order valence-electron chi connectivity index (χ3n) is 2.73. The van der Waals surface area contributed by atoms with Crippen molar-refractivity contribution in [3.8, 4) is 0 Å². The van der Waals surface area contributed by atoms with E-state index in [0.29, 0.717) is 12.7 Å². The monoisotopic (exact) mass is 386 g/mol.